The predicted molar refractivity (Wildman–Crippen MR) is 85.9 cm³/mol. The molecule has 2 rings (SSSR count). The van der Waals surface area contributed by atoms with Gasteiger partial charge in [0.25, 0.3) is 0 Å². The molecule has 1 fully saturated rings. The minimum Gasteiger partial charge on any atom is -0.478 e. The normalized spacial score (nSPS) is 17.5. The standard InChI is InChI=1S/C18H25NO3/c1-13(2)18(3)8-10-19(11-9-18)16(20)12-14-4-6-15(7-5-14)17(21)22/h4-7,13H,8-12H2,1-3H3,(H,21,22). The largest absolute Gasteiger partial charge is 0.478 e. The minimum absolute atomic E-state index is 0.133. The zero-order valence-corrected chi connectivity index (χ0v) is 13.6. The Kier molecular flexibility index (Phi) is 4.89. The van der Waals surface area contributed by atoms with Crippen molar-refractivity contribution in [3.05, 3.63) is 35.4 Å². The third-order valence-corrected chi connectivity index (χ3v) is 5.21. The highest BCUT2D eigenvalue weighted by Crippen LogP contribution is 2.38. The molecular formula is C18H25NO3. The van der Waals surface area contributed by atoms with Crippen LogP contribution in [0, 0.1) is 11.3 Å². The second-order valence-electron chi connectivity index (χ2n) is 6.87. The first-order valence-electron chi connectivity index (χ1n) is 7.92. The van der Waals surface area contributed by atoms with E-state index in [-0.39, 0.29) is 11.5 Å². The number of carbonyl (C=O) groups is 2. The molecule has 0 unspecified atom stereocenters. The van der Waals surface area contributed by atoms with Gasteiger partial charge in [0.05, 0.1) is 12.0 Å². The number of aromatic carboxylic acids is 1. The zero-order chi connectivity index (χ0) is 16.3. The lowest BCUT2D eigenvalue weighted by Gasteiger charge is -2.42. The van der Waals surface area contributed by atoms with Gasteiger partial charge in [-0.1, -0.05) is 32.9 Å². The summed E-state index contributed by atoms with van der Waals surface area (Å²) in [6, 6.07) is 6.56. The Hall–Kier alpha value is -1.84. The number of carbonyl (C=O) groups excluding carboxylic acids is 1. The summed E-state index contributed by atoms with van der Waals surface area (Å²) in [5.41, 5.74) is 1.45. The van der Waals surface area contributed by atoms with Gasteiger partial charge in [-0.05, 0) is 41.9 Å². The molecule has 1 aliphatic rings. The van der Waals surface area contributed by atoms with E-state index in [1.165, 1.54) is 0 Å². The summed E-state index contributed by atoms with van der Waals surface area (Å²) in [4.78, 5) is 25.1. The van der Waals surface area contributed by atoms with Crippen molar-refractivity contribution in [2.45, 2.75) is 40.0 Å². The quantitative estimate of drug-likeness (QED) is 0.929. The minimum atomic E-state index is -0.943. The van der Waals surface area contributed by atoms with Crippen molar-refractivity contribution in [2.75, 3.05) is 13.1 Å². The summed E-state index contributed by atoms with van der Waals surface area (Å²) in [6.07, 6.45) is 2.45. The van der Waals surface area contributed by atoms with Crippen molar-refractivity contribution in [3.63, 3.8) is 0 Å². The number of amides is 1. The number of rotatable bonds is 4. The molecule has 0 saturated carbocycles. The van der Waals surface area contributed by atoms with Gasteiger partial charge in [-0.2, -0.15) is 0 Å². The monoisotopic (exact) mass is 303 g/mol. The number of carboxylic acid groups (broad SMARTS) is 1. The van der Waals surface area contributed by atoms with Gasteiger partial charge in [0, 0.05) is 13.1 Å². The average Bonchev–Trinajstić information content (AvgIpc) is 2.48. The van der Waals surface area contributed by atoms with E-state index in [0.29, 0.717) is 17.8 Å². The van der Waals surface area contributed by atoms with Crippen molar-refractivity contribution in [2.24, 2.45) is 11.3 Å². The van der Waals surface area contributed by atoms with E-state index in [1.54, 1.807) is 24.3 Å². The molecule has 0 radical (unpaired) electrons. The molecule has 0 bridgehead atoms. The first kappa shape index (κ1) is 16.5. The fraction of sp³-hybridized carbons (Fsp3) is 0.556. The maximum absolute atomic E-state index is 12.4. The molecule has 0 aromatic heterocycles. The first-order valence-corrected chi connectivity index (χ1v) is 7.92. The molecule has 120 valence electrons. The molecule has 1 aromatic carbocycles. The molecule has 1 aromatic rings. The van der Waals surface area contributed by atoms with Crippen molar-refractivity contribution < 1.29 is 14.7 Å². The third kappa shape index (κ3) is 3.67. The van der Waals surface area contributed by atoms with Crippen molar-refractivity contribution in [3.8, 4) is 0 Å². The van der Waals surface area contributed by atoms with E-state index >= 15 is 0 Å². The molecular weight excluding hydrogens is 278 g/mol. The van der Waals surface area contributed by atoms with Gasteiger partial charge in [-0.15, -0.1) is 0 Å². The molecule has 1 saturated heterocycles. The lowest BCUT2D eigenvalue weighted by molar-refractivity contribution is -0.133. The van der Waals surface area contributed by atoms with Gasteiger partial charge in [-0.3, -0.25) is 4.79 Å². The van der Waals surface area contributed by atoms with Gasteiger partial charge >= 0.3 is 5.97 Å². The van der Waals surface area contributed by atoms with Gasteiger partial charge in [0.2, 0.25) is 5.91 Å². The smallest absolute Gasteiger partial charge is 0.335 e. The molecule has 1 aliphatic heterocycles. The number of hydrogen-bond acceptors (Lipinski definition) is 2. The molecule has 4 heteroatoms. The predicted octanol–water partition coefficient (Wildman–Crippen LogP) is 3.21. The number of carboxylic acids is 1. The molecule has 1 N–H and O–H groups in total. The number of piperidine rings is 1. The molecule has 22 heavy (non-hydrogen) atoms. The Balaban J connectivity index is 1.92. The van der Waals surface area contributed by atoms with E-state index in [1.807, 2.05) is 4.90 Å². The van der Waals surface area contributed by atoms with Crippen LogP contribution in [-0.4, -0.2) is 35.0 Å². The Labute approximate surface area is 132 Å². The van der Waals surface area contributed by atoms with Gasteiger partial charge < -0.3 is 10.0 Å². The lowest BCUT2D eigenvalue weighted by Crippen LogP contribution is -2.44. The summed E-state index contributed by atoms with van der Waals surface area (Å²) in [6.45, 7) is 8.45. The highest BCUT2D eigenvalue weighted by molar-refractivity contribution is 5.87. The van der Waals surface area contributed by atoms with Crippen LogP contribution >= 0.6 is 0 Å². The second kappa shape index (κ2) is 6.51. The Morgan fingerprint density at radius 2 is 1.73 bits per heavy atom. The first-order chi connectivity index (χ1) is 10.3. The number of nitrogens with zero attached hydrogens (tertiary/aromatic N) is 1. The van der Waals surface area contributed by atoms with Crippen LogP contribution in [0.2, 0.25) is 0 Å². The molecule has 0 aliphatic carbocycles. The van der Waals surface area contributed by atoms with Crippen molar-refractivity contribution in [1.82, 2.24) is 4.90 Å². The summed E-state index contributed by atoms with van der Waals surface area (Å²) in [7, 11) is 0. The molecule has 1 amide bonds. The van der Waals surface area contributed by atoms with Gasteiger partial charge in [0.15, 0.2) is 0 Å². The highest BCUT2D eigenvalue weighted by atomic mass is 16.4. The topological polar surface area (TPSA) is 57.6 Å². The van der Waals surface area contributed by atoms with E-state index in [2.05, 4.69) is 20.8 Å². The molecule has 0 spiro atoms. The van der Waals surface area contributed by atoms with Crippen molar-refractivity contribution >= 4 is 11.9 Å². The summed E-state index contributed by atoms with van der Waals surface area (Å²) >= 11 is 0. The molecule has 1 heterocycles. The highest BCUT2D eigenvalue weighted by Gasteiger charge is 2.34. The van der Waals surface area contributed by atoms with Crippen LogP contribution in [0.1, 0.15) is 49.5 Å². The Morgan fingerprint density at radius 3 is 2.18 bits per heavy atom. The van der Waals surface area contributed by atoms with Crippen LogP contribution in [0.15, 0.2) is 24.3 Å². The second-order valence-corrected chi connectivity index (χ2v) is 6.87. The number of likely N-dealkylation sites (tertiary alicyclic amines) is 1. The average molecular weight is 303 g/mol. The maximum atomic E-state index is 12.4. The van der Waals surface area contributed by atoms with Crippen LogP contribution < -0.4 is 0 Å². The lowest BCUT2D eigenvalue weighted by atomic mass is 9.72. The fourth-order valence-electron chi connectivity index (χ4n) is 2.90. The third-order valence-electron chi connectivity index (χ3n) is 5.21. The number of benzene rings is 1. The van der Waals surface area contributed by atoms with Gasteiger partial charge in [-0.25, -0.2) is 4.79 Å². The SMILES string of the molecule is CC(C)C1(C)CCN(C(=O)Cc2ccc(C(=O)O)cc2)CC1. The van der Waals surface area contributed by atoms with Crippen LogP contribution in [0.4, 0.5) is 0 Å². The van der Waals surface area contributed by atoms with E-state index in [4.69, 9.17) is 5.11 Å². The molecule has 0 atom stereocenters. The van der Waals surface area contributed by atoms with Gasteiger partial charge in [0.1, 0.15) is 0 Å². The van der Waals surface area contributed by atoms with Crippen LogP contribution in [0.25, 0.3) is 0 Å². The van der Waals surface area contributed by atoms with Crippen LogP contribution in [0.5, 0.6) is 0 Å². The van der Waals surface area contributed by atoms with Crippen molar-refractivity contribution in [1.29, 1.82) is 0 Å². The Bertz CT molecular complexity index is 540. The number of hydrogen-bond donors (Lipinski definition) is 1. The van der Waals surface area contributed by atoms with Crippen LogP contribution in [-0.2, 0) is 11.2 Å². The summed E-state index contributed by atoms with van der Waals surface area (Å²) in [5.74, 6) is -0.177. The fourth-order valence-corrected chi connectivity index (χ4v) is 2.90. The Morgan fingerprint density at radius 1 is 1.18 bits per heavy atom. The van der Waals surface area contributed by atoms with E-state index < -0.39 is 5.97 Å². The van der Waals surface area contributed by atoms with E-state index in [9.17, 15) is 9.59 Å². The summed E-state index contributed by atoms with van der Waals surface area (Å²) in [5, 5.41) is 8.88. The zero-order valence-electron chi connectivity index (χ0n) is 13.6. The maximum Gasteiger partial charge on any atom is 0.335 e. The molecule has 4 nitrogen and oxygen atoms in total. The van der Waals surface area contributed by atoms with Crippen LogP contribution in [0.3, 0.4) is 0 Å². The van der Waals surface area contributed by atoms with E-state index in [0.717, 1.165) is 31.5 Å². The summed E-state index contributed by atoms with van der Waals surface area (Å²) < 4.78 is 0.